The van der Waals surface area contributed by atoms with E-state index in [0.29, 0.717) is 23.0 Å². The average molecular weight is 466 g/mol. The third kappa shape index (κ3) is 6.09. The highest BCUT2D eigenvalue weighted by Gasteiger charge is 2.18. The van der Waals surface area contributed by atoms with E-state index in [1.165, 1.54) is 23.9 Å². The first kappa shape index (κ1) is 23.2. The summed E-state index contributed by atoms with van der Waals surface area (Å²) in [7, 11) is 0. The minimum absolute atomic E-state index is 0.150. The number of nitrogens with one attached hydrogen (secondary N) is 1. The first-order valence-electron chi connectivity index (χ1n) is 11.1. The molecule has 0 unspecified atom stereocenters. The normalized spacial score (nSPS) is 14.3. The second kappa shape index (κ2) is 11.2. The summed E-state index contributed by atoms with van der Waals surface area (Å²) >= 11 is 1.46. The number of amides is 1. The van der Waals surface area contributed by atoms with Crippen molar-refractivity contribution in [3.63, 3.8) is 0 Å². The van der Waals surface area contributed by atoms with Gasteiger partial charge in [0, 0.05) is 50.2 Å². The van der Waals surface area contributed by atoms with Gasteiger partial charge in [0.2, 0.25) is 0 Å². The molecule has 0 saturated carbocycles. The van der Waals surface area contributed by atoms with Crippen molar-refractivity contribution in [2.75, 3.05) is 50.4 Å². The van der Waals surface area contributed by atoms with E-state index in [1.807, 2.05) is 48.7 Å². The molecule has 33 heavy (non-hydrogen) atoms. The van der Waals surface area contributed by atoms with Crippen molar-refractivity contribution in [2.24, 2.45) is 0 Å². The van der Waals surface area contributed by atoms with Gasteiger partial charge in [-0.1, -0.05) is 42.1 Å². The molecule has 0 spiro atoms. The summed E-state index contributed by atoms with van der Waals surface area (Å²) in [5.74, 6) is -0.357. The van der Waals surface area contributed by atoms with Gasteiger partial charge in [-0.15, -0.1) is 0 Å². The predicted octanol–water partition coefficient (Wildman–Crippen LogP) is 3.95. The Morgan fingerprint density at radius 2 is 1.79 bits per heavy atom. The molecule has 0 atom stereocenters. The maximum Gasteiger partial charge on any atom is 0.255 e. The SMILES string of the molecule is CSc1ncc(C(=O)NCCCN2CCN(c3ccc(F)cc3)CC2)c(-c2ccccc2)n1. The Bertz CT molecular complexity index is 1060. The molecule has 0 bridgehead atoms. The number of nitrogens with zero attached hydrogens (tertiary/aromatic N) is 4. The predicted molar refractivity (Wildman–Crippen MR) is 131 cm³/mol. The lowest BCUT2D eigenvalue weighted by molar-refractivity contribution is 0.0951. The monoisotopic (exact) mass is 465 g/mol. The van der Waals surface area contributed by atoms with Gasteiger partial charge in [-0.2, -0.15) is 0 Å². The summed E-state index contributed by atoms with van der Waals surface area (Å²) in [4.78, 5) is 26.4. The fourth-order valence-corrected chi connectivity index (χ4v) is 4.27. The molecule has 1 aromatic heterocycles. The number of aromatic nitrogens is 2. The third-order valence-electron chi connectivity index (χ3n) is 5.74. The van der Waals surface area contributed by atoms with E-state index in [2.05, 4.69) is 25.1 Å². The number of halogens is 1. The lowest BCUT2D eigenvalue weighted by atomic mass is 10.1. The first-order chi connectivity index (χ1) is 16.1. The van der Waals surface area contributed by atoms with Crippen molar-refractivity contribution in [1.29, 1.82) is 0 Å². The van der Waals surface area contributed by atoms with Crippen molar-refractivity contribution in [1.82, 2.24) is 20.2 Å². The van der Waals surface area contributed by atoms with Crippen LogP contribution in [0.3, 0.4) is 0 Å². The molecular formula is C25H28FN5OS. The van der Waals surface area contributed by atoms with Gasteiger partial charge in [-0.25, -0.2) is 14.4 Å². The Hall–Kier alpha value is -2.97. The van der Waals surface area contributed by atoms with Gasteiger partial charge in [0.15, 0.2) is 5.16 Å². The molecule has 172 valence electrons. The summed E-state index contributed by atoms with van der Waals surface area (Å²) in [6, 6.07) is 16.4. The number of anilines is 1. The minimum atomic E-state index is -0.206. The number of hydrogen-bond donors (Lipinski definition) is 1. The molecule has 1 fully saturated rings. The smallest absolute Gasteiger partial charge is 0.255 e. The maximum atomic E-state index is 13.1. The van der Waals surface area contributed by atoms with Crippen LogP contribution >= 0.6 is 11.8 Å². The lowest BCUT2D eigenvalue weighted by Crippen LogP contribution is -2.47. The van der Waals surface area contributed by atoms with Gasteiger partial charge in [0.25, 0.3) is 5.91 Å². The second-order valence-electron chi connectivity index (χ2n) is 7.90. The molecule has 0 radical (unpaired) electrons. The van der Waals surface area contributed by atoms with Crippen LogP contribution in [0.2, 0.25) is 0 Å². The fraction of sp³-hybridized carbons (Fsp3) is 0.320. The molecule has 1 aliphatic heterocycles. The number of rotatable bonds is 8. The largest absolute Gasteiger partial charge is 0.369 e. The quantitative estimate of drug-likeness (QED) is 0.309. The molecular weight excluding hydrogens is 437 g/mol. The van der Waals surface area contributed by atoms with E-state index in [4.69, 9.17) is 0 Å². The number of piperazine rings is 1. The maximum absolute atomic E-state index is 13.1. The molecule has 4 rings (SSSR count). The highest BCUT2D eigenvalue weighted by Crippen LogP contribution is 2.23. The molecule has 2 heterocycles. The first-order valence-corrected chi connectivity index (χ1v) is 12.3. The van der Waals surface area contributed by atoms with Crippen molar-refractivity contribution in [3.05, 3.63) is 72.2 Å². The Labute approximate surface area is 198 Å². The van der Waals surface area contributed by atoms with Gasteiger partial charge in [-0.3, -0.25) is 9.69 Å². The molecule has 0 aliphatic carbocycles. The van der Waals surface area contributed by atoms with Gasteiger partial charge in [0.1, 0.15) is 5.82 Å². The van der Waals surface area contributed by atoms with Crippen LogP contribution in [0.25, 0.3) is 11.3 Å². The van der Waals surface area contributed by atoms with Crippen molar-refractivity contribution >= 4 is 23.4 Å². The van der Waals surface area contributed by atoms with Gasteiger partial charge in [0.05, 0.1) is 11.3 Å². The van der Waals surface area contributed by atoms with Crippen molar-refractivity contribution < 1.29 is 9.18 Å². The summed E-state index contributed by atoms with van der Waals surface area (Å²) < 4.78 is 13.1. The fourth-order valence-electron chi connectivity index (χ4n) is 3.93. The van der Waals surface area contributed by atoms with E-state index in [9.17, 15) is 9.18 Å². The van der Waals surface area contributed by atoms with E-state index in [1.54, 1.807) is 6.20 Å². The minimum Gasteiger partial charge on any atom is -0.369 e. The van der Waals surface area contributed by atoms with Crippen LogP contribution in [-0.4, -0.2) is 66.3 Å². The average Bonchev–Trinajstić information content (AvgIpc) is 2.87. The van der Waals surface area contributed by atoms with Crippen LogP contribution in [0, 0.1) is 5.82 Å². The van der Waals surface area contributed by atoms with Crippen LogP contribution in [0.1, 0.15) is 16.8 Å². The highest BCUT2D eigenvalue weighted by atomic mass is 32.2. The van der Waals surface area contributed by atoms with Crippen LogP contribution in [0.4, 0.5) is 10.1 Å². The summed E-state index contributed by atoms with van der Waals surface area (Å²) in [5.41, 5.74) is 3.11. The number of hydrogen-bond acceptors (Lipinski definition) is 6. The van der Waals surface area contributed by atoms with Crippen LogP contribution < -0.4 is 10.2 Å². The molecule has 2 aromatic carbocycles. The number of carbonyl (C=O) groups excluding carboxylic acids is 1. The van der Waals surface area contributed by atoms with E-state index < -0.39 is 0 Å². The van der Waals surface area contributed by atoms with E-state index >= 15 is 0 Å². The Balaban J connectivity index is 1.26. The zero-order chi connectivity index (χ0) is 23.0. The van der Waals surface area contributed by atoms with Gasteiger partial charge in [-0.05, 0) is 43.5 Å². The third-order valence-corrected chi connectivity index (χ3v) is 6.30. The summed E-state index contributed by atoms with van der Waals surface area (Å²) in [5, 5.41) is 3.67. The zero-order valence-electron chi connectivity index (χ0n) is 18.7. The number of carbonyl (C=O) groups is 1. The zero-order valence-corrected chi connectivity index (χ0v) is 19.5. The van der Waals surface area contributed by atoms with Gasteiger partial charge >= 0.3 is 0 Å². The number of benzene rings is 2. The van der Waals surface area contributed by atoms with E-state index in [-0.39, 0.29) is 11.7 Å². The van der Waals surface area contributed by atoms with Crippen molar-refractivity contribution in [3.8, 4) is 11.3 Å². The molecule has 1 amide bonds. The molecule has 1 saturated heterocycles. The molecule has 1 N–H and O–H groups in total. The molecule has 8 heteroatoms. The lowest BCUT2D eigenvalue weighted by Gasteiger charge is -2.36. The van der Waals surface area contributed by atoms with E-state index in [0.717, 1.165) is 50.4 Å². The standard InChI is InChI=1S/C25H28FN5OS/c1-33-25-28-18-22(23(29-25)19-6-3-2-4-7-19)24(32)27-12-5-13-30-14-16-31(17-15-30)21-10-8-20(26)9-11-21/h2-4,6-11,18H,5,12-17H2,1H3,(H,27,32). The van der Waals surface area contributed by atoms with Crippen LogP contribution in [0.5, 0.6) is 0 Å². The topological polar surface area (TPSA) is 61.4 Å². The van der Waals surface area contributed by atoms with Crippen molar-refractivity contribution in [2.45, 2.75) is 11.6 Å². The summed E-state index contributed by atoms with van der Waals surface area (Å²) in [6.07, 6.45) is 4.40. The Kier molecular flexibility index (Phi) is 7.91. The van der Waals surface area contributed by atoms with Crippen LogP contribution in [0.15, 0.2) is 66.0 Å². The molecule has 3 aromatic rings. The highest BCUT2D eigenvalue weighted by molar-refractivity contribution is 7.98. The Morgan fingerprint density at radius 3 is 2.48 bits per heavy atom. The Morgan fingerprint density at radius 1 is 1.06 bits per heavy atom. The van der Waals surface area contributed by atoms with Gasteiger partial charge < -0.3 is 10.2 Å². The summed E-state index contributed by atoms with van der Waals surface area (Å²) in [6.45, 7) is 5.25. The van der Waals surface area contributed by atoms with Crippen LogP contribution in [-0.2, 0) is 0 Å². The molecule has 6 nitrogen and oxygen atoms in total. The molecule has 1 aliphatic rings. The second-order valence-corrected chi connectivity index (χ2v) is 8.67. The number of thioether (sulfide) groups is 1.